The summed E-state index contributed by atoms with van der Waals surface area (Å²) in [5.74, 6) is -0.557. The lowest BCUT2D eigenvalue weighted by molar-refractivity contribution is -0.00644. The number of ether oxygens (including phenoxy) is 1. The second-order valence-corrected chi connectivity index (χ2v) is 8.21. The van der Waals surface area contributed by atoms with Crippen molar-refractivity contribution in [3.05, 3.63) is 41.6 Å². The average molecular weight is 392 g/mol. The van der Waals surface area contributed by atoms with Crippen LogP contribution in [0.25, 0.3) is 10.9 Å². The summed E-state index contributed by atoms with van der Waals surface area (Å²) in [4.78, 5) is 16.5. The SMILES string of the molecule is CCN(CC)S(=O)(=O)N1CCOC(c2cc(C(N)=O)c3ccccc3n2)C1. The van der Waals surface area contributed by atoms with Crippen LogP contribution in [0.5, 0.6) is 0 Å². The number of morpholine rings is 1. The molecule has 1 saturated heterocycles. The maximum Gasteiger partial charge on any atom is 0.282 e. The summed E-state index contributed by atoms with van der Waals surface area (Å²) in [6.07, 6.45) is -0.563. The van der Waals surface area contributed by atoms with Crippen LogP contribution in [0, 0.1) is 0 Å². The van der Waals surface area contributed by atoms with E-state index in [1.807, 2.05) is 26.0 Å². The maximum absolute atomic E-state index is 12.8. The number of aromatic nitrogens is 1. The molecule has 0 aliphatic carbocycles. The van der Waals surface area contributed by atoms with Gasteiger partial charge in [-0.25, -0.2) is 4.98 Å². The van der Waals surface area contributed by atoms with E-state index in [1.54, 1.807) is 18.2 Å². The third kappa shape index (κ3) is 3.81. The van der Waals surface area contributed by atoms with Gasteiger partial charge in [-0.2, -0.15) is 17.0 Å². The molecule has 1 aliphatic heterocycles. The third-order valence-electron chi connectivity index (χ3n) is 4.72. The first-order chi connectivity index (χ1) is 12.9. The summed E-state index contributed by atoms with van der Waals surface area (Å²) in [5.41, 5.74) is 7.00. The predicted molar refractivity (Wildman–Crippen MR) is 102 cm³/mol. The van der Waals surface area contributed by atoms with Gasteiger partial charge in [-0.15, -0.1) is 0 Å². The van der Waals surface area contributed by atoms with Crippen LogP contribution in [0.4, 0.5) is 0 Å². The summed E-state index contributed by atoms with van der Waals surface area (Å²) >= 11 is 0. The number of carbonyl (C=O) groups excluding carboxylic acids is 1. The number of rotatable bonds is 6. The molecule has 1 aromatic carbocycles. The van der Waals surface area contributed by atoms with Crippen LogP contribution < -0.4 is 5.73 Å². The smallest absolute Gasteiger partial charge is 0.282 e. The molecule has 8 nitrogen and oxygen atoms in total. The largest absolute Gasteiger partial charge is 0.369 e. The van der Waals surface area contributed by atoms with Crippen LogP contribution in [-0.2, 0) is 14.9 Å². The summed E-state index contributed by atoms with van der Waals surface area (Å²) in [5, 5.41) is 0.664. The highest BCUT2D eigenvalue weighted by Gasteiger charge is 2.34. The van der Waals surface area contributed by atoms with Gasteiger partial charge in [-0.1, -0.05) is 32.0 Å². The molecular formula is C18H24N4O4S. The minimum absolute atomic E-state index is 0.141. The summed E-state index contributed by atoms with van der Waals surface area (Å²) in [6.45, 7) is 5.10. The van der Waals surface area contributed by atoms with Gasteiger partial charge in [0.25, 0.3) is 10.2 Å². The molecule has 1 unspecified atom stereocenters. The second-order valence-electron chi connectivity index (χ2n) is 6.29. The van der Waals surface area contributed by atoms with Gasteiger partial charge in [-0.05, 0) is 12.1 Å². The van der Waals surface area contributed by atoms with Crippen molar-refractivity contribution >= 4 is 27.0 Å². The quantitative estimate of drug-likeness (QED) is 0.797. The van der Waals surface area contributed by atoms with E-state index in [2.05, 4.69) is 4.98 Å². The van der Waals surface area contributed by atoms with Gasteiger partial charge < -0.3 is 10.5 Å². The molecule has 3 rings (SSSR count). The molecule has 0 radical (unpaired) electrons. The molecule has 1 aromatic heterocycles. The van der Waals surface area contributed by atoms with E-state index in [0.717, 1.165) is 0 Å². The van der Waals surface area contributed by atoms with Crippen molar-refractivity contribution in [1.29, 1.82) is 0 Å². The Morgan fingerprint density at radius 2 is 2.04 bits per heavy atom. The van der Waals surface area contributed by atoms with E-state index < -0.39 is 22.2 Å². The van der Waals surface area contributed by atoms with E-state index in [-0.39, 0.29) is 19.7 Å². The number of primary amides is 1. The van der Waals surface area contributed by atoms with Crippen LogP contribution in [-0.4, -0.2) is 60.7 Å². The number of nitrogens with zero attached hydrogens (tertiary/aromatic N) is 3. The van der Waals surface area contributed by atoms with Gasteiger partial charge in [0.15, 0.2) is 0 Å². The number of carbonyl (C=O) groups is 1. The number of hydrogen-bond donors (Lipinski definition) is 1. The molecule has 1 atom stereocenters. The van der Waals surface area contributed by atoms with Gasteiger partial charge in [0.2, 0.25) is 5.91 Å². The highest BCUT2D eigenvalue weighted by molar-refractivity contribution is 7.86. The van der Waals surface area contributed by atoms with Crippen molar-refractivity contribution in [2.24, 2.45) is 5.73 Å². The fourth-order valence-electron chi connectivity index (χ4n) is 3.29. The van der Waals surface area contributed by atoms with E-state index >= 15 is 0 Å². The fraction of sp³-hybridized carbons (Fsp3) is 0.444. The Balaban J connectivity index is 1.96. The number of amides is 1. The molecule has 1 aliphatic rings. The molecule has 27 heavy (non-hydrogen) atoms. The number of nitrogens with two attached hydrogens (primary N) is 1. The zero-order valence-corrected chi connectivity index (χ0v) is 16.3. The highest BCUT2D eigenvalue weighted by atomic mass is 32.2. The highest BCUT2D eigenvalue weighted by Crippen LogP contribution is 2.27. The first-order valence-corrected chi connectivity index (χ1v) is 10.3. The molecule has 1 fully saturated rings. The number of fused-ring (bicyclic) bond motifs is 1. The third-order valence-corrected chi connectivity index (χ3v) is 6.87. The predicted octanol–water partition coefficient (Wildman–Crippen LogP) is 1.29. The van der Waals surface area contributed by atoms with Gasteiger partial charge in [0.05, 0.1) is 23.4 Å². The standard InChI is InChI=1S/C18H24N4O4S/c1-3-21(4-2)27(24,25)22-9-10-26-17(12-22)16-11-14(18(19)23)13-7-5-6-8-15(13)20-16/h5-8,11,17H,3-4,9-10,12H2,1-2H3,(H2,19,23). The Morgan fingerprint density at radius 3 is 2.70 bits per heavy atom. The number of hydrogen-bond acceptors (Lipinski definition) is 5. The van der Waals surface area contributed by atoms with Crippen molar-refractivity contribution in [3.63, 3.8) is 0 Å². The maximum atomic E-state index is 12.8. The number of para-hydroxylation sites is 1. The van der Waals surface area contributed by atoms with Gasteiger partial charge in [0.1, 0.15) is 6.10 Å². The van der Waals surface area contributed by atoms with Crippen molar-refractivity contribution in [2.45, 2.75) is 20.0 Å². The first-order valence-electron chi connectivity index (χ1n) is 8.94. The van der Waals surface area contributed by atoms with Crippen molar-refractivity contribution in [3.8, 4) is 0 Å². The van der Waals surface area contributed by atoms with E-state index in [1.165, 1.54) is 8.61 Å². The fourth-order valence-corrected chi connectivity index (χ4v) is 4.90. The Hall–Kier alpha value is -2.07. The summed E-state index contributed by atoms with van der Waals surface area (Å²) in [7, 11) is -3.57. The summed E-state index contributed by atoms with van der Waals surface area (Å²) < 4.78 is 34.2. The molecule has 2 heterocycles. The van der Waals surface area contributed by atoms with E-state index in [4.69, 9.17) is 10.5 Å². The lowest BCUT2D eigenvalue weighted by Crippen LogP contribution is -2.49. The van der Waals surface area contributed by atoms with Crippen LogP contribution >= 0.6 is 0 Å². The van der Waals surface area contributed by atoms with Crippen LogP contribution in [0.1, 0.15) is 36.0 Å². The normalized spacial score (nSPS) is 18.9. The minimum Gasteiger partial charge on any atom is -0.369 e. The Bertz CT molecular complexity index is 944. The Labute approximate surface area is 159 Å². The minimum atomic E-state index is -3.57. The first kappa shape index (κ1) is 19.7. The van der Waals surface area contributed by atoms with Gasteiger partial charge in [-0.3, -0.25) is 4.79 Å². The Morgan fingerprint density at radius 1 is 1.33 bits per heavy atom. The number of pyridine rings is 1. The zero-order valence-electron chi connectivity index (χ0n) is 15.5. The zero-order chi connectivity index (χ0) is 19.6. The lowest BCUT2D eigenvalue weighted by atomic mass is 10.0. The molecule has 0 spiro atoms. The van der Waals surface area contributed by atoms with Gasteiger partial charge in [0, 0.05) is 31.6 Å². The lowest BCUT2D eigenvalue weighted by Gasteiger charge is -2.35. The molecule has 2 aromatic rings. The van der Waals surface area contributed by atoms with E-state index in [0.29, 0.717) is 35.2 Å². The van der Waals surface area contributed by atoms with Crippen molar-refractivity contribution < 1.29 is 17.9 Å². The molecule has 0 bridgehead atoms. The molecule has 0 saturated carbocycles. The van der Waals surface area contributed by atoms with Gasteiger partial charge >= 0.3 is 0 Å². The van der Waals surface area contributed by atoms with Crippen molar-refractivity contribution in [1.82, 2.24) is 13.6 Å². The molecular weight excluding hydrogens is 368 g/mol. The van der Waals surface area contributed by atoms with Crippen molar-refractivity contribution in [2.75, 3.05) is 32.8 Å². The topological polar surface area (TPSA) is 106 Å². The average Bonchev–Trinajstić information content (AvgIpc) is 2.67. The van der Waals surface area contributed by atoms with Crippen LogP contribution in [0.2, 0.25) is 0 Å². The van der Waals surface area contributed by atoms with Crippen LogP contribution in [0.15, 0.2) is 30.3 Å². The van der Waals surface area contributed by atoms with Crippen LogP contribution in [0.3, 0.4) is 0 Å². The molecule has 2 N–H and O–H groups in total. The summed E-state index contributed by atoms with van der Waals surface area (Å²) in [6, 6.07) is 8.81. The van der Waals surface area contributed by atoms with E-state index in [9.17, 15) is 13.2 Å². The molecule has 1 amide bonds. The molecule has 9 heteroatoms. The second kappa shape index (κ2) is 7.89. The molecule has 146 valence electrons. The Kier molecular flexibility index (Phi) is 5.75. The monoisotopic (exact) mass is 392 g/mol. The number of benzene rings is 1.